The number of esters is 1. The third-order valence-corrected chi connectivity index (χ3v) is 5.57. The number of hydrogen-bond donors (Lipinski definition) is 0. The van der Waals surface area contributed by atoms with Gasteiger partial charge in [0.15, 0.2) is 0 Å². The number of rotatable bonds is 3. The fraction of sp³-hybridized carbons (Fsp3) is 0.450. The van der Waals surface area contributed by atoms with E-state index in [1.165, 1.54) is 18.2 Å². The zero-order chi connectivity index (χ0) is 15.8. The van der Waals surface area contributed by atoms with Crippen molar-refractivity contribution >= 4 is 16.7 Å². The molecule has 0 radical (unpaired) electrons. The summed E-state index contributed by atoms with van der Waals surface area (Å²) in [4.78, 5) is 14.9. The molecule has 3 heteroatoms. The maximum atomic E-state index is 12.4. The molecule has 2 saturated heterocycles. The molecule has 2 bridgehead atoms. The van der Waals surface area contributed by atoms with Crippen LogP contribution in [0.5, 0.6) is 0 Å². The van der Waals surface area contributed by atoms with Crippen molar-refractivity contribution in [2.75, 3.05) is 7.05 Å². The van der Waals surface area contributed by atoms with Gasteiger partial charge in [-0.25, -0.2) is 0 Å². The molecule has 120 valence electrons. The Kier molecular flexibility index (Phi) is 3.82. The van der Waals surface area contributed by atoms with Gasteiger partial charge in [-0.05, 0) is 49.1 Å². The van der Waals surface area contributed by atoms with Crippen LogP contribution in [0.15, 0.2) is 42.5 Å². The largest absolute Gasteiger partial charge is 0.462 e. The van der Waals surface area contributed by atoms with Crippen LogP contribution in [-0.4, -0.2) is 36.1 Å². The van der Waals surface area contributed by atoms with E-state index < -0.39 is 0 Å². The first-order valence-corrected chi connectivity index (χ1v) is 8.59. The number of nitrogens with zero attached hydrogens (tertiary/aromatic N) is 1. The molecule has 3 nitrogen and oxygen atoms in total. The molecule has 2 heterocycles. The van der Waals surface area contributed by atoms with Gasteiger partial charge in [0, 0.05) is 12.1 Å². The summed E-state index contributed by atoms with van der Waals surface area (Å²) in [6.45, 7) is 0. The van der Waals surface area contributed by atoms with Crippen LogP contribution in [-0.2, 0) is 16.0 Å². The third-order valence-electron chi connectivity index (χ3n) is 5.57. The van der Waals surface area contributed by atoms with Gasteiger partial charge in [-0.15, -0.1) is 0 Å². The van der Waals surface area contributed by atoms with E-state index in [1.807, 2.05) is 24.3 Å². The summed E-state index contributed by atoms with van der Waals surface area (Å²) in [5, 5.41) is 2.32. The van der Waals surface area contributed by atoms with E-state index >= 15 is 0 Å². The van der Waals surface area contributed by atoms with Crippen LogP contribution < -0.4 is 0 Å². The lowest BCUT2D eigenvalue weighted by molar-refractivity contribution is -0.151. The molecule has 2 atom stereocenters. The van der Waals surface area contributed by atoms with E-state index in [0.29, 0.717) is 18.5 Å². The number of hydrogen-bond acceptors (Lipinski definition) is 3. The minimum absolute atomic E-state index is 0.0877. The molecule has 4 rings (SSSR count). The zero-order valence-corrected chi connectivity index (χ0v) is 13.6. The number of piperidine rings is 1. The van der Waals surface area contributed by atoms with Gasteiger partial charge in [0.05, 0.1) is 6.42 Å². The Balaban J connectivity index is 1.44. The Hall–Kier alpha value is -1.87. The molecule has 2 aromatic rings. The van der Waals surface area contributed by atoms with Crippen LogP contribution in [0.3, 0.4) is 0 Å². The van der Waals surface area contributed by atoms with Gasteiger partial charge in [-0.2, -0.15) is 0 Å². The van der Waals surface area contributed by atoms with Crippen LogP contribution >= 0.6 is 0 Å². The summed E-state index contributed by atoms with van der Waals surface area (Å²) in [6, 6.07) is 15.5. The van der Waals surface area contributed by atoms with Crippen molar-refractivity contribution in [1.82, 2.24) is 4.90 Å². The second-order valence-corrected chi connectivity index (χ2v) is 6.95. The van der Waals surface area contributed by atoms with Crippen LogP contribution in [0.25, 0.3) is 10.8 Å². The van der Waals surface area contributed by atoms with Crippen LogP contribution in [0, 0.1) is 0 Å². The van der Waals surface area contributed by atoms with Crippen LogP contribution in [0.1, 0.15) is 31.2 Å². The monoisotopic (exact) mass is 309 g/mol. The predicted molar refractivity (Wildman–Crippen MR) is 91.3 cm³/mol. The van der Waals surface area contributed by atoms with E-state index in [-0.39, 0.29) is 12.1 Å². The van der Waals surface area contributed by atoms with Crippen LogP contribution in [0.4, 0.5) is 0 Å². The molecule has 2 aliphatic rings. The van der Waals surface area contributed by atoms with E-state index in [1.54, 1.807) is 0 Å². The number of fused-ring (bicyclic) bond motifs is 3. The van der Waals surface area contributed by atoms with Crippen molar-refractivity contribution < 1.29 is 9.53 Å². The summed E-state index contributed by atoms with van der Waals surface area (Å²) in [6.07, 6.45) is 4.95. The van der Waals surface area contributed by atoms with Gasteiger partial charge in [0.25, 0.3) is 0 Å². The Bertz CT molecular complexity index is 707. The lowest BCUT2D eigenvalue weighted by Crippen LogP contribution is -2.43. The highest BCUT2D eigenvalue weighted by Gasteiger charge is 2.39. The molecule has 0 aliphatic carbocycles. The van der Waals surface area contributed by atoms with E-state index in [2.05, 4.69) is 30.1 Å². The second-order valence-electron chi connectivity index (χ2n) is 6.95. The highest BCUT2D eigenvalue weighted by atomic mass is 16.5. The number of ether oxygens (including phenoxy) is 1. The molecule has 0 saturated carbocycles. The van der Waals surface area contributed by atoms with Gasteiger partial charge in [0.2, 0.25) is 0 Å². The zero-order valence-electron chi connectivity index (χ0n) is 13.6. The first-order chi connectivity index (χ1) is 11.2. The molecular formula is C20H23NO2. The Morgan fingerprint density at radius 1 is 1.09 bits per heavy atom. The number of carbonyl (C=O) groups is 1. The fourth-order valence-electron chi connectivity index (χ4n) is 4.29. The lowest BCUT2D eigenvalue weighted by atomic mass is 10.00. The Labute approximate surface area is 137 Å². The molecule has 2 aromatic carbocycles. The highest BCUT2D eigenvalue weighted by molar-refractivity contribution is 5.89. The van der Waals surface area contributed by atoms with Crippen LogP contribution in [0.2, 0.25) is 0 Å². The first kappa shape index (κ1) is 14.7. The van der Waals surface area contributed by atoms with Crippen molar-refractivity contribution in [3.63, 3.8) is 0 Å². The van der Waals surface area contributed by atoms with Crippen molar-refractivity contribution in [2.24, 2.45) is 0 Å². The molecular weight excluding hydrogens is 286 g/mol. The molecule has 2 fully saturated rings. The number of carbonyl (C=O) groups excluding carboxylic acids is 1. The predicted octanol–water partition coefficient (Wildman–Crippen LogP) is 3.55. The molecule has 0 spiro atoms. The van der Waals surface area contributed by atoms with Gasteiger partial charge >= 0.3 is 5.97 Å². The molecule has 2 unspecified atom stereocenters. The number of benzene rings is 2. The van der Waals surface area contributed by atoms with Gasteiger partial charge in [-0.3, -0.25) is 4.79 Å². The summed E-state index contributed by atoms with van der Waals surface area (Å²) in [7, 11) is 2.20. The first-order valence-electron chi connectivity index (χ1n) is 8.59. The Morgan fingerprint density at radius 3 is 2.57 bits per heavy atom. The van der Waals surface area contributed by atoms with Gasteiger partial charge in [-0.1, -0.05) is 42.5 Å². The SMILES string of the molecule is CN1C2CCC1CC(OC(=O)Cc1cccc3ccccc13)C2. The maximum absolute atomic E-state index is 12.4. The topological polar surface area (TPSA) is 29.5 Å². The highest BCUT2D eigenvalue weighted by Crippen LogP contribution is 2.35. The maximum Gasteiger partial charge on any atom is 0.310 e. The average molecular weight is 309 g/mol. The van der Waals surface area contributed by atoms with Crippen molar-refractivity contribution in [3.8, 4) is 0 Å². The minimum atomic E-state index is -0.0877. The minimum Gasteiger partial charge on any atom is -0.462 e. The molecule has 0 aromatic heterocycles. The lowest BCUT2D eigenvalue weighted by Gasteiger charge is -2.35. The molecule has 23 heavy (non-hydrogen) atoms. The molecule has 0 N–H and O–H groups in total. The smallest absolute Gasteiger partial charge is 0.310 e. The van der Waals surface area contributed by atoms with Gasteiger partial charge < -0.3 is 9.64 Å². The quantitative estimate of drug-likeness (QED) is 0.812. The Morgan fingerprint density at radius 2 is 1.78 bits per heavy atom. The van der Waals surface area contributed by atoms with E-state index in [9.17, 15) is 4.79 Å². The summed E-state index contributed by atoms with van der Waals surface area (Å²) in [5.74, 6) is -0.0877. The summed E-state index contributed by atoms with van der Waals surface area (Å²) < 4.78 is 5.81. The summed E-state index contributed by atoms with van der Waals surface area (Å²) in [5.41, 5.74) is 1.06. The third kappa shape index (κ3) is 2.86. The normalized spacial score (nSPS) is 27.3. The molecule has 0 amide bonds. The van der Waals surface area contributed by atoms with Gasteiger partial charge in [0.1, 0.15) is 6.10 Å². The van der Waals surface area contributed by atoms with Crippen molar-refractivity contribution in [2.45, 2.75) is 50.3 Å². The molecule has 2 aliphatic heterocycles. The van der Waals surface area contributed by atoms with E-state index in [4.69, 9.17) is 4.74 Å². The summed E-state index contributed by atoms with van der Waals surface area (Å²) >= 11 is 0. The fourth-order valence-corrected chi connectivity index (χ4v) is 4.29. The average Bonchev–Trinajstić information content (AvgIpc) is 2.77. The van der Waals surface area contributed by atoms with Crippen molar-refractivity contribution in [1.29, 1.82) is 0 Å². The second kappa shape index (κ2) is 5.97. The van der Waals surface area contributed by atoms with Crippen molar-refractivity contribution in [3.05, 3.63) is 48.0 Å². The van der Waals surface area contributed by atoms with E-state index in [0.717, 1.165) is 23.8 Å². The standard InChI is InChI=1S/C20H23NO2/c1-21-16-9-10-17(21)13-18(12-16)23-20(22)11-15-7-4-6-14-5-2-3-8-19(14)15/h2-8,16-18H,9-13H2,1H3.